The molecule has 0 radical (unpaired) electrons. The number of fused-ring (bicyclic) bond motifs is 1. The van der Waals surface area contributed by atoms with E-state index in [4.69, 9.17) is 4.74 Å². The van der Waals surface area contributed by atoms with E-state index < -0.39 is 6.10 Å². The number of rotatable bonds is 8. The van der Waals surface area contributed by atoms with Crippen molar-refractivity contribution in [3.63, 3.8) is 0 Å². The summed E-state index contributed by atoms with van der Waals surface area (Å²) in [6, 6.07) is 20.2. The predicted molar refractivity (Wildman–Crippen MR) is 132 cm³/mol. The van der Waals surface area contributed by atoms with Crippen LogP contribution < -0.4 is 4.74 Å². The maximum Gasteiger partial charge on any atom is 0.128 e. The molecule has 1 aliphatic heterocycles. The van der Waals surface area contributed by atoms with E-state index in [-0.39, 0.29) is 12.6 Å². The molecule has 1 N–H and O–H groups in total. The maximum absolute atomic E-state index is 10.7. The molecular formula is C27H29N5O2. The van der Waals surface area contributed by atoms with Gasteiger partial charge in [0.05, 0.1) is 23.4 Å². The van der Waals surface area contributed by atoms with Crippen LogP contribution in [0.25, 0.3) is 10.9 Å². The second kappa shape index (κ2) is 10.7. The third kappa shape index (κ3) is 5.22. The molecule has 3 heterocycles. The number of aliphatic hydroxyl groups is 1. The third-order valence-corrected chi connectivity index (χ3v) is 6.26. The zero-order valence-electron chi connectivity index (χ0n) is 19.1. The molecule has 0 amide bonds. The Labute approximate surface area is 199 Å². The summed E-state index contributed by atoms with van der Waals surface area (Å²) in [6.45, 7) is 4.35. The van der Waals surface area contributed by atoms with E-state index in [9.17, 15) is 5.11 Å². The Morgan fingerprint density at radius 3 is 2.50 bits per heavy atom. The summed E-state index contributed by atoms with van der Waals surface area (Å²) in [5, 5.41) is 11.6. The van der Waals surface area contributed by atoms with E-state index in [1.807, 2.05) is 42.6 Å². The number of aliphatic hydroxyl groups excluding tert-OH is 1. The Hall–Kier alpha value is -3.39. The molecule has 7 nitrogen and oxygen atoms in total. The molecule has 0 spiro atoms. The van der Waals surface area contributed by atoms with Crippen molar-refractivity contribution in [3.8, 4) is 5.75 Å². The van der Waals surface area contributed by atoms with Gasteiger partial charge < -0.3 is 9.84 Å². The average molecular weight is 456 g/mol. The van der Waals surface area contributed by atoms with E-state index in [0.717, 1.165) is 48.5 Å². The lowest BCUT2D eigenvalue weighted by atomic mass is 10.0. The fourth-order valence-electron chi connectivity index (χ4n) is 4.60. The van der Waals surface area contributed by atoms with E-state index in [2.05, 4.69) is 49.0 Å². The SMILES string of the molecule is OC(COc1cccc2ncccc12)CN1CCN(C(c2ccccc2)c2cnccn2)CC1. The highest BCUT2D eigenvalue weighted by Crippen LogP contribution is 2.28. The van der Waals surface area contributed by atoms with Crippen LogP contribution in [0.3, 0.4) is 0 Å². The van der Waals surface area contributed by atoms with Gasteiger partial charge in [-0.05, 0) is 29.8 Å². The predicted octanol–water partition coefficient (Wildman–Crippen LogP) is 3.17. The standard InChI is InChI=1S/C27H29N5O2/c33-22(20-34-26-10-4-9-24-23(26)8-5-11-29-24)19-31-14-16-32(17-15-31)27(21-6-2-1-3-7-21)25-18-28-12-13-30-25/h1-13,18,22,27,33H,14-17,19-20H2. The van der Waals surface area contributed by atoms with Gasteiger partial charge in [0.2, 0.25) is 0 Å². The van der Waals surface area contributed by atoms with Crippen molar-refractivity contribution >= 4 is 10.9 Å². The molecule has 7 heteroatoms. The number of ether oxygens (including phenoxy) is 1. The maximum atomic E-state index is 10.7. The fourth-order valence-corrected chi connectivity index (χ4v) is 4.60. The van der Waals surface area contributed by atoms with Crippen molar-refractivity contribution in [1.82, 2.24) is 24.8 Å². The summed E-state index contributed by atoms with van der Waals surface area (Å²) in [4.78, 5) is 18.0. The Bertz CT molecular complexity index is 1140. The molecular weight excluding hydrogens is 426 g/mol. The number of pyridine rings is 1. The van der Waals surface area contributed by atoms with Gasteiger partial charge in [-0.2, -0.15) is 0 Å². The Morgan fingerprint density at radius 1 is 0.853 bits per heavy atom. The summed E-state index contributed by atoms with van der Waals surface area (Å²) >= 11 is 0. The molecule has 0 bridgehead atoms. The fraction of sp³-hybridized carbons (Fsp3) is 0.296. The Balaban J connectivity index is 1.17. The van der Waals surface area contributed by atoms with E-state index >= 15 is 0 Å². The highest BCUT2D eigenvalue weighted by molar-refractivity contribution is 5.84. The summed E-state index contributed by atoms with van der Waals surface area (Å²) in [5.74, 6) is 0.754. The molecule has 2 atom stereocenters. The number of piperazine rings is 1. The second-order valence-electron chi connectivity index (χ2n) is 8.57. The van der Waals surface area contributed by atoms with Crippen LogP contribution in [-0.2, 0) is 0 Å². The van der Waals surface area contributed by atoms with E-state index in [0.29, 0.717) is 6.54 Å². The summed E-state index contributed by atoms with van der Waals surface area (Å²) in [5.41, 5.74) is 3.07. The molecule has 2 aromatic heterocycles. The van der Waals surface area contributed by atoms with Gasteiger partial charge in [-0.15, -0.1) is 0 Å². The minimum Gasteiger partial charge on any atom is -0.490 e. The van der Waals surface area contributed by atoms with Crippen molar-refractivity contribution in [1.29, 1.82) is 0 Å². The highest BCUT2D eigenvalue weighted by atomic mass is 16.5. The largest absolute Gasteiger partial charge is 0.490 e. The van der Waals surface area contributed by atoms with Crippen LogP contribution in [-0.4, -0.2) is 75.3 Å². The molecule has 0 saturated carbocycles. The van der Waals surface area contributed by atoms with E-state index in [1.165, 1.54) is 5.56 Å². The average Bonchev–Trinajstić information content (AvgIpc) is 2.90. The lowest BCUT2D eigenvalue weighted by molar-refractivity contribution is 0.0400. The van der Waals surface area contributed by atoms with Crippen molar-refractivity contribution in [2.45, 2.75) is 12.1 Å². The molecule has 2 unspecified atom stereocenters. The Morgan fingerprint density at radius 2 is 1.71 bits per heavy atom. The number of aromatic nitrogens is 3. The number of β-amino-alcohol motifs (C(OH)–C–C–N with tert-alkyl or cyclic N) is 1. The highest BCUT2D eigenvalue weighted by Gasteiger charge is 2.28. The number of hydrogen-bond donors (Lipinski definition) is 1. The van der Waals surface area contributed by atoms with Gasteiger partial charge in [-0.3, -0.25) is 24.8 Å². The molecule has 0 aliphatic carbocycles. The lowest BCUT2D eigenvalue weighted by Crippen LogP contribution is -2.50. The topological polar surface area (TPSA) is 74.6 Å². The van der Waals surface area contributed by atoms with Crippen LogP contribution in [0.15, 0.2) is 85.5 Å². The molecule has 174 valence electrons. The Kier molecular flexibility index (Phi) is 7.05. The number of nitrogens with zero attached hydrogens (tertiary/aromatic N) is 5. The lowest BCUT2D eigenvalue weighted by Gasteiger charge is -2.39. The van der Waals surface area contributed by atoms with E-state index in [1.54, 1.807) is 18.6 Å². The van der Waals surface area contributed by atoms with Gasteiger partial charge >= 0.3 is 0 Å². The first kappa shape index (κ1) is 22.4. The molecule has 1 fully saturated rings. The molecule has 1 aliphatic rings. The van der Waals surface area contributed by atoms with Gasteiger partial charge in [0.1, 0.15) is 18.5 Å². The summed E-state index contributed by atoms with van der Waals surface area (Å²) < 4.78 is 5.96. The molecule has 5 rings (SSSR count). The first-order valence-electron chi connectivity index (χ1n) is 11.7. The summed E-state index contributed by atoms with van der Waals surface area (Å²) in [7, 11) is 0. The summed E-state index contributed by atoms with van der Waals surface area (Å²) in [6.07, 6.45) is 6.52. The van der Waals surface area contributed by atoms with Crippen LogP contribution in [0, 0.1) is 0 Å². The van der Waals surface area contributed by atoms with Crippen molar-refractivity contribution in [2.75, 3.05) is 39.3 Å². The molecule has 1 saturated heterocycles. The minimum atomic E-state index is -0.566. The van der Waals surface area contributed by atoms with Gasteiger partial charge in [-0.25, -0.2) is 0 Å². The van der Waals surface area contributed by atoms with Crippen molar-refractivity contribution < 1.29 is 9.84 Å². The first-order chi connectivity index (χ1) is 16.8. The van der Waals surface area contributed by atoms with Crippen LogP contribution in [0.5, 0.6) is 5.75 Å². The zero-order chi connectivity index (χ0) is 23.2. The minimum absolute atomic E-state index is 0.0743. The number of benzene rings is 2. The van der Waals surface area contributed by atoms with Gasteiger partial charge in [0.15, 0.2) is 0 Å². The number of hydrogen-bond acceptors (Lipinski definition) is 7. The normalized spacial score (nSPS) is 16.9. The molecule has 4 aromatic rings. The molecule has 2 aromatic carbocycles. The molecule has 34 heavy (non-hydrogen) atoms. The van der Waals surface area contributed by atoms with Crippen LogP contribution in [0.1, 0.15) is 17.3 Å². The van der Waals surface area contributed by atoms with Crippen LogP contribution in [0.4, 0.5) is 0 Å². The van der Waals surface area contributed by atoms with Gasteiger partial charge in [0.25, 0.3) is 0 Å². The van der Waals surface area contributed by atoms with Crippen molar-refractivity contribution in [2.24, 2.45) is 0 Å². The van der Waals surface area contributed by atoms with Crippen LogP contribution >= 0.6 is 0 Å². The second-order valence-corrected chi connectivity index (χ2v) is 8.57. The third-order valence-electron chi connectivity index (χ3n) is 6.26. The van der Waals surface area contributed by atoms with Gasteiger partial charge in [-0.1, -0.05) is 36.4 Å². The zero-order valence-corrected chi connectivity index (χ0v) is 19.1. The monoisotopic (exact) mass is 455 g/mol. The van der Waals surface area contributed by atoms with Gasteiger partial charge in [0, 0.05) is 56.7 Å². The quantitative estimate of drug-likeness (QED) is 0.437. The van der Waals surface area contributed by atoms with Crippen LogP contribution in [0.2, 0.25) is 0 Å². The van der Waals surface area contributed by atoms with Crippen molar-refractivity contribution in [3.05, 3.63) is 96.7 Å². The first-order valence-corrected chi connectivity index (χ1v) is 11.7. The smallest absolute Gasteiger partial charge is 0.128 e.